The molecule has 0 fully saturated rings. The van der Waals surface area contributed by atoms with Crippen LogP contribution in [0.15, 0.2) is 91.0 Å². The van der Waals surface area contributed by atoms with E-state index in [-0.39, 0.29) is 17.6 Å². The van der Waals surface area contributed by atoms with Crippen LogP contribution in [-0.2, 0) is 4.79 Å². The number of ketones is 1. The Morgan fingerprint density at radius 3 is 1.72 bits per heavy atom. The summed E-state index contributed by atoms with van der Waals surface area (Å²) in [7, 11) is 0. The predicted octanol–water partition coefficient (Wildman–Crippen LogP) is 3.76. The topological polar surface area (TPSA) is 125 Å². The number of carbonyl (C=O) groups is 3. The Hall–Kier alpha value is -5.05. The van der Waals surface area contributed by atoms with E-state index in [1.165, 1.54) is 6.92 Å². The molecular formula is C30H30N6O3. The van der Waals surface area contributed by atoms with E-state index in [4.69, 9.17) is 0 Å². The summed E-state index contributed by atoms with van der Waals surface area (Å²) in [6.07, 6.45) is 0. The summed E-state index contributed by atoms with van der Waals surface area (Å²) < 4.78 is 0. The van der Waals surface area contributed by atoms with Crippen LogP contribution in [0.2, 0.25) is 0 Å². The second kappa shape index (κ2) is 13.5. The van der Waals surface area contributed by atoms with Gasteiger partial charge >= 0.3 is 0 Å². The van der Waals surface area contributed by atoms with Gasteiger partial charge in [-0.1, -0.05) is 72.8 Å². The lowest BCUT2D eigenvalue weighted by Crippen LogP contribution is -2.29. The van der Waals surface area contributed by atoms with Crippen molar-refractivity contribution in [3.05, 3.63) is 108 Å². The van der Waals surface area contributed by atoms with E-state index in [1.807, 2.05) is 48.5 Å². The van der Waals surface area contributed by atoms with Crippen LogP contribution in [0, 0.1) is 0 Å². The molecule has 0 aliphatic rings. The maximum Gasteiger partial charge on any atom is 0.251 e. The summed E-state index contributed by atoms with van der Waals surface area (Å²) >= 11 is 0. The number of aromatic nitrogens is 2. The minimum absolute atomic E-state index is 0.0875. The first kappa shape index (κ1) is 27.0. The summed E-state index contributed by atoms with van der Waals surface area (Å²) in [5.74, 6) is 1.36. The quantitative estimate of drug-likeness (QED) is 0.165. The van der Waals surface area contributed by atoms with Gasteiger partial charge in [0.2, 0.25) is 5.91 Å². The van der Waals surface area contributed by atoms with E-state index < -0.39 is 0 Å². The molecule has 4 rings (SSSR count). The number of benzene rings is 3. The molecule has 2 amide bonds. The number of amides is 2. The standard InChI is InChI=1S/C30H30N6O3/c1-21(37)31-16-17-32-26-20-27(36-29(35-26)24-10-6-3-7-11-24)33-18-19-34-30(39)25-14-12-23(13-15-25)28(38)22-8-4-2-5-9-22/h2-15,20H,16-19H2,1H3,(H,31,37)(H,34,39)(H2,32,33,35,36). The molecule has 0 spiro atoms. The van der Waals surface area contributed by atoms with Crippen LogP contribution in [-0.4, -0.2) is 53.7 Å². The van der Waals surface area contributed by atoms with Crippen LogP contribution in [0.3, 0.4) is 0 Å². The molecule has 0 unspecified atom stereocenters. The molecule has 0 aliphatic heterocycles. The highest BCUT2D eigenvalue weighted by Crippen LogP contribution is 2.20. The summed E-state index contributed by atoms with van der Waals surface area (Å²) in [4.78, 5) is 45.5. The molecule has 9 heteroatoms. The molecule has 3 aromatic carbocycles. The van der Waals surface area contributed by atoms with Crippen LogP contribution in [0.4, 0.5) is 11.6 Å². The average Bonchev–Trinajstić information content (AvgIpc) is 2.98. The van der Waals surface area contributed by atoms with Gasteiger partial charge in [-0.3, -0.25) is 14.4 Å². The Labute approximate surface area is 227 Å². The van der Waals surface area contributed by atoms with Crippen molar-refractivity contribution < 1.29 is 14.4 Å². The molecule has 0 saturated carbocycles. The molecule has 4 N–H and O–H groups in total. The molecule has 0 bridgehead atoms. The van der Waals surface area contributed by atoms with E-state index in [0.717, 1.165) is 5.56 Å². The lowest BCUT2D eigenvalue weighted by molar-refractivity contribution is -0.118. The van der Waals surface area contributed by atoms with Crippen molar-refractivity contribution >= 4 is 29.2 Å². The molecule has 0 atom stereocenters. The Morgan fingerprint density at radius 1 is 0.615 bits per heavy atom. The molecule has 39 heavy (non-hydrogen) atoms. The van der Waals surface area contributed by atoms with Crippen molar-refractivity contribution in [2.24, 2.45) is 0 Å². The molecule has 1 heterocycles. The summed E-state index contributed by atoms with van der Waals surface area (Å²) in [6, 6.07) is 27.0. The van der Waals surface area contributed by atoms with Gasteiger partial charge in [-0.05, 0) is 12.1 Å². The van der Waals surface area contributed by atoms with Crippen LogP contribution < -0.4 is 21.3 Å². The van der Waals surface area contributed by atoms with Crippen LogP contribution in [0.1, 0.15) is 33.2 Å². The zero-order valence-corrected chi connectivity index (χ0v) is 21.6. The number of carbonyl (C=O) groups excluding carboxylic acids is 3. The maximum absolute atomic E-state index is 12.6. The van der Waals surface area contributed by atoms with Gasteiger partial charge in [-0.25, -0.2) is 9.97 Å². The Morgan fingerprint density at radius 2 is 1.13 bits per heavy atom. The largest absolute Gasteiger partial charge is 0.368 e. The lowest BCUT2D eigenvalue weighted by Gasteiger charge is -2.12. The fraction of sp³-hybridized carbons (Fsp3) is 0.167. The third kappa shape index (κ3) is 7.96. The molecule has 9 nitrogen and oxygen atoms in total. The number of hydrogen-bond acceptors (Lipinski definition) is 7. The monoisotopic (exact) mass is 522 g/mol. The molecule has 1 aromatic heterocycles. The smallest absolute Gasteiger partial charge is 0.251 e. The molecule has 0 saturated heterocycles. The minimum Gasteiger partial charge on any atom is -0.368 e. The van der Waals surface area contributed by atoms with Gasteiger partial charge in [0, 0.05) is 61.4 Å². The van der Waals surface area contributed by atoms with E-state index in [9.17, 15) is 14.4 Å². The van der Waals surface area contributed by atoms with Crippen molar-refractivity contribution in [1.29, 1.82) is 0 Å². The number of anilines is 2. The van der Waals surface area contributed by atoms with Gasteiger partial charge in [-0.15, -0.1) is 0 Å². The number of nitrogens with one attached hydrogen (secondary N) is 4. The first-order chi connectivity index (χ1) is 19.0. The first-order valence-corrected chi connectivity index (χ1v) is 12.6. The van der Waals surface area contributed by atoms with Crippen molar-refractivity contribution in [2.45, 2.75) is 6.92 Å². The van der Waals surface area contributed by atoms with Gasteiger partial charge in [-0.2, -0.15) is 0 Å². The van der Waals surface area contributed by atoms with Gasteiger partial charge < -0.3 is 21.3 Å². The average molecular weight is 523 g/mol. The highest BCUT2D eigenvalue weighted by molar-refractivity contribution is 6.09. The molecular weight excluding hydrogens is 492 g/mol. The minimum atomic E-state index is -0.233. The summed E-state index contributed by atoms with van der Waals surface area (Å²) in [6.45, 7) is 3.25. The molecule has 4 aromatic rings. The van der Waals surface area contributed by atoms with Crippen LogP contribution in [0.5, 0.6) is 0 Å². The fourth-order valence-corrected chi connectivity index (χ4v) is 3.77. The number of rotatable bonds is 12. The predicted molar refractivity (Wildman–Crippen MR) is 152 cm³/mol. The third-order valence-electron chi connectivity index (χ3n) is 5.73. The molecule has 0 aliphatic carbocycles. The maximum atomic E-state index is 12.6. The Kier molecular flexibility index (Phi) is 9.33. The highest BCUT2D eigenvalue weighted by atomic mass is 16.2. The van der Waals surface area contributed by atoms with Gasteiger partial charge in [0.05, 0.1) is 0 Å². The van der Waals surface area contributed by atoms with E-state index in [2.05, 4.69) is 31.2 Å². The second-order valence-corrected chi connectivity index (χ2v) is 8.69. The SMILES string of the molecule is CC(=O)NCCNc1cc(NCCNC(=O)c2ccc(C(=O)c3ccccc3)cc2)nc(-c2ccccc2)n1. The van der Waals surface area contributed by atoms with E-state index in [0.29, 0.717) is 60.3 Å². The fourth-order valence-electron chi connectivity index (χ4n) is 3.77. The first-order valence-electron chi connectivity index (χ1n) is 12.6. The van der Waals surface area contributed by atoms with Crippen LogP contribution >= 0.6 is 0 Å². The number of nitrogens with zero attached hydrogens (tertiary/aromatic N) is 2. The Balaban J connectivity index is 1.33. The van der Waals surface area contributed by atoms with Gasteiger partial charge in [0.15, 0.2) is 11.6 Å². The van der Waals surface area contributed by atoms with Gasteiger partial charge in [0.25, 0.3) is 5.91 Å². The zero-order chi connectivity index (χ0) is 27.5. The normalized spacial score (nSPS) is 10.4. The van der Waals surface area contributed by atoms with Crippen molar-refractivity contribution in [3.63, 3.8) is 0 Å². The van der Waals surface area contributed by atoms with Crippen LogP contribution in [0.25, 0.3) is 11.4 Å². The summed E-state index contributed by atoms with van der Waals surface area (Å²) in [5.41, 5.74) is 2.47. The Bertz CT molecular complexity index is 1410. The summed E-state index contributed by atoms with van der Waals surface area (Å²) in [5, 5.41) is 12.1. The molecule has 198 valence electrons. The molecule has 0 radical (unpaired) electrons. The zero-order valence-electron chi connectivity index (χ0n) is 21.6. The van der Waals surface area contributed by atoms with Gasteiger partial charge in [0.1, 0.15) is 11.6 Å². The van der Waals surface area contributed by atoms with E-state index in [1.54, 1.807) is 42.5 Å². The third-order valence-corrected chi connectivity index (χ3v) is 5.73. The lowest BCUT2D eigenvalue weighted by atomic mass is 10.0. The van der Waals surface area contributed by atoms with E-state index >= 15 is 0 Å². The van der Waals surface area contributed by atoms with Crippen molar-refractivity contribution in [3.8, 4) is 11.4 Å². The van der Waals surface area contributed by atoms with Crippen molar-refractivity contribution in [2.75, 3.05) is 36.8 Å². The second-order valence-electron chi connectivity index (χ2n) is 8.69. The number of hydrogen-bond donors (Lipinski definition) is 4. The van der Waals surface area contributed by atoms with Crippen molar-refractivity contribution in [1.82, 2.24) is 20.6 Å². The highest BCUT2D eigenvalue weighted by Gasteiger charge is 2.11.